The maximum Gasteiger partial charge on any atom is 0.251 e. The standard InChI is InChI=1S/C12H13N3O3/c1-13-6-8-5-11(18)15-12(14-8)7-2-3-9(16)10(17)4-7/h2-5,13,16-17H,6H2,1H3,(H,14,15,18). The Labute approximate surface area is 103 Å². The van der Waals surface area contributed by atoms with Crippen LogP contribution in [0.15, 0.2) is 29.1 Å². The first-order valence-electron chi connectivity index (χ1n) is 5.37. The average molecular weight is 247 g/mol. The Balaban J connectivity index is 2.49. The summed E-state index contributed by atoms with van der Waals surface area (Å²) in [4.78, 5) is 18.3. The van der Waals surface area contributed by atoms with Gasteiger partial charge in [0.15, 0.2) is 11.5 Å². The third kappa shape index (κ3) is 2.49. The van der Waals surface area contributed by atoms with Crippen molar-refractivity contribution in [2.45, 2.75) is 6.54 Å². The molecule has 94 valence electrons. The topological polar surface area (TPSA) is 98.2 Å². The average Bonchev–Trinajstić information content (AvgIpc) is 2.32. The lowest BCUT2D eigenvalue weighted by molar-refractivity contribution is 0.404. The number of nitrogens with zero attached hydrogens (tertiary/aromatic N) is 1. The van der Waals surface area contributed by atoms with Crippen LogP contribution >= 0.6 is 0 Å². The number of phenolic OH excluding ortho intramolecular Hbond substituents is 2. The summed E-state index contributed by atoms with van der Waals surface area (Å²) in [5.41, 5.74) is 0.863. The zero-order valence-corrected chi connectivity index (χ0v) is 9.77. The van der Waals surface area contributed by atoms with Crippen molar-refractivity contribution >= 4 is 0 Å². The molecule has 0 aliphatic rings. The molecule has 0 bridgehead atoms. The highest BCUT2D eigenvalue weighted by molar-refractivity contribution is 5.60. The van der Waals surface area contributed by atoms with E-state index in [-0.39, 0.29) is 17.1 Å². The Morgan fingerprint density at radius 2 is 2.06 bits per heavy atom. The van der Waals surface area contributed by atoms with Gasteiger partial charge in [-0.1, -0.05) is 0 Å². The van der Waals surface area contributed by atoms with Crippen LogP contribution in [0.5, 0.6) is 11.5 Å². The van der Waals surface area contributed by atoms with Gasteiger partial charge in [-0.2, -0.15) is 0 Å². The number of nitrogens with one attached hydrogen (secondary N) is 2. The summed E-state index contributed by atoms with van der Waals surface area (Å²) in [6.07, 6.45) is 0. The van der Waals surface area contributed by atoms with E-state index in [1.54, 1.807) is 13.1 Å². The van der Waals surface area contributed by atoms with E-state index in [0.717, 1.165) is 0 Å². The van der Waals surface area contributed by atoms with Gasteiger partial charge in [-0.3, -0.25) is 4.79 Å². The van der Waals surface area contributed by atoms with Gasteiger partial charge in [0.25, 0.3) is 5.56 Å². The van der Waals surface area contributed by atoms with Gasteiger partial charge in [0, 0.05) is 18.2 Å². The second-order valence-electron chi connectivity index (χ2n) is 3.82. The number of aromatic nitrogens is 2. The van der Waals surface area contributed by atoms with Crippen molar-refractivity contribution < 1.29 is 10.2 Å². The number of benzene rings is 1. The zero-order chi connectivity index (χ0) is 13.1. The molecule has 1 heterocycles. The van der Waals surface area contributed by atoms with E-state index in [4.69, 9.17) is 0 Å². The van der Waals surface area contributed by atoms with Crippen LogP contribution in [-0.2, 0) is 6.54 Å². The minimum atomic E-state index is -0.266. The third-order valence-corrected chi connectivity index (χ3v) is 2.40. The Morgan fingerprint density at radius 1 is 1.28 bits per heavy atom. The highest BCUT2D eigenvalue weighted by atomic mass is 16.3. The number of phenols is 2. The number of H-pyrrole nitrogens is 1. The number of aromatic hydroxyl groups is 2. The summed E-state index contributed by atoms with van der Waals surface area (Å²) in [7, 11) is 1.76. The van der Waals surface area contributed by atoms with Crippen molar-refractivity contribution in [1.82, 2.24) is 15.3 Å². The predicted octanol–water partition coefficient (Wildman–Crippen LogP) is 0.567. The largest absolute Gasteiger partial charge is 0.504 e. The lowest BCUT2D eigenvalue weighted by Gasteiger charge is -2.05. The first kappa shape index (κ1) is 12.1. The van der Waals surface area contributed by atoms with Crippen LogP contribution in [0.4, 0.5) is 0 Å². The molecule has 2 rings (SSSR count). The Bertz CT molecular complexity index is 622. The normalized spacial score (nSPS) is 10.5. The molecule has 0 fully saturated rings. The zero-order valence-electron chi connectivity index (χ0n) is 9.77. The van der Waals surface area contributed by atoms with Crippen LogP contribution in [0, 0.1) is 0 Å². The highest BCUT2D eigenvalue weighted by Gasteiger charge is 2.06. The Morgan fingerprint density at radius 3 is 2.72 bits per heavy atom. The van der Waals surface area contributed by atoms with E-state index >= 15 is 0 Å². The molecule has 0 amide bonds. The molecule has 0 unspecified atom stereocenters. The minimum Gasteiger partial charge on any atom is -0.504 e. The number of aromatic amines is 1. The molecule has 0 spiro atoms. The van der Waals surface area contributed by atoms with E-state index in [0.29, 0.717) is 23.6 Å². The van der Waals surface area contributed by atoms with Crippen LogP contribution in [0.1, 0.15) is 5.69 Å². The quantitative estimate of drug-likeness (QED) is 0.594. The molecule has 2 aromatic rings. The number of hydrogen-bond donors (Lipinski definition) is 4. The fraction of sp³-hybridized carbons (Fsp3) is 0.167. The van der Waals surface area contributed by atoms with Crippen molar-refractivity contribution in [3.05, 3.63) is 40.3 Å². The second-order valence-corrected chi connectivity index (χ2v) is 3.82. The number of rotatable bonds is 3. The van der Waals surface area contributed by atoms with Gasteiger partial charge in [0.05, 0.1) is 5.69 Å². The first-order valence-corrected chi connectivity index (χ1v) is 5.37. The summed E-state index contributed by atoms with van der Waals surface area (Å²) >= 11 is 0. The summed E-state index contributed by atoms with van der Waals surface area (Å²) in [5.74, 6) is -0.121. The smallest absolute Gasteiger partial charge is 0.251 e. The molecular weight excluding hydrogens is 234 g/mol. The van der Waals surface area contributed by atoms with Gasteiger partial charge in [0.2, 0.25) is 0 Å². The molecular formula is C12H13N3O3. The van der Waals surface area contributed by atoms with Gasteiger partial charge >= 0.3 is 0 Å². The summed E-state index contributed by atoms with van der Waals surface area (Å²) in [6, 6.07) is 5.66. The van der Waals surface area contributed by atoms with Crippen LogP contribution < -0.4 is 10.9 Å². The molecule has 0 aliphatic carbocycles. The second kappa shape index (κ2) is 4.89. The molecule has 18 heavy (non-hydrogen) atoms. The van der Waals surface area contributed by atoms with Crippen molar-refractivity contribution in [2.24, 2.45) is 0 Å². The molecule has 0 saturated heterocycles. The predicted molar refractivity (Wildman–Crippen MR) is 66.4 cm³/mol. The Kier molecular flexibility index (Phi) is 3.29. The maximum absolute atomic E-state index is 11.5. The summed E-state index contributed by atoms with van der Waals surface area (Å²) < 4.78 is 0. The molecule has 6 nitrogen and oxygen atoms in total. The van der Waals surface area contributed by atoms with E-state index in [1.807, 2.05) is 0 Å². The fourth-order valence-corrected chi connectivity index (χ4v) is 1.59. The van der Waals surface area contributed by atoms with Crippen molar-refractivity contribution in [1.29, 1.82) is 0 Å². The highest BCUT2D eigenvalue weighted by Crippen LogP contribution is 2.28. The minimum absolute atomic E-state index is 0.215. The summed E-state index contributed by atoms with van der Waals surface area (Å²) in [5, 5.41) is 21.6. The maximum atomic E-state index is 11.5. The molecule has 0 atom stereocenters. The van der Waals surface area contributed by atoms with E-state index in [9.17, 15) is 15.0 Å². The molecule has 1 aromatic heterocycles. The van der Waals surface area contributed by atoms with Crippen LogP contribution in [-0.4, -0.2) is 27.2 Å². The number of hydrogen-bond acceptors (Lipinski definition) is 5. The van der Waals surface area contributed by atoms with E-state index in [2.05, 4.69) is 15.3 Å². The third-order valence-electron chi connectivity index (χ3n) is 2.40. The molecule has 0 saturated carbocycles. The SMILES string of the molecule is CNCc1cc(=O)[nH]c(-c2ccc(O)c(O)c2)n1. The van der Waals surface area contributed by atoms with Gasteiger partial charge < -0.3 is 20.5 Å². The van der Waals surface area contributed by atoms with E-state index in [1.165, 1.54) is 18.2 Å². The summed E-state index contributed by atoms with van der Waals surface area (Å²) in [6.45, 7) is 0.473. The van der Waals surface area contributed by atoms with Crippen molar-refractivity contribution in [2.75, 3.05) is 7.05 Å². The van der Waals surface area contributed by atoms with Crippen molar-refractivity contribution in [3.63, 3.8) is 0 Å². The molecule has 6 heteroatoms. The van der Waals surface area contributed by atoms with Crippen LogP contribution in [0.25, 0.3) is 11.4 Å². The van der Waals surface area contributed by atoms with Gasteiger partial charge in [-0.25, -0.2) is 4.98 Å². The monoisotopic (exact) mass is 247 g/mol. The Hall–Kier alpha value is -2.34. The molecule has 0 aliphatic heterocycles. The fourth-order valence-electron chi connectivity index (χ4n) is 1.59. The molecule has 4 N–H and O–H groups in total. The van der Waals surface area contributed by atoms with Gasteiger partial charge in [0.1, 0.15) is 5.82 Å². The lowest BCUT2D eigenvalue weighted by atomic mass is 10.2. The van der Waals surface area contributed by atoms with Crippen molar-refractivity contribution in [3.8, 4) is 22.9 Å². The van der Waals surface area contributed by atoms with Gasteiger partial charge in [-0.05, 0) is 25.2 Å². The van der Waals surface area contributed by atoms with Gasteiger partial charge in [-0.15, -0.1) is 0 Å². The molecule has 1 aromatic carbocycles. The van der Waals surface area contributed by atoms with E-state index < -0.39 is 0 Å². The molecule has 0 radical (unpaired) electrons. The van der Waals surface area contributed by atoms with Crippen LogP contribution in [0.3, 0.4) is 0 Å². The first-order chi connectivity index (χ1) is 8.60. The van der Waals surface area contributed by atoms with Crippen LogP contribution in [0.2, 0.25) is 0 Å². The lowest BCUT2D eigenvalue weighted by Crippen LogP contribution is -2.14.